The van der Waals surface area contributed by atoms with Crippen molar-refractivity contribution in [3.63, 3.8) is 0 Å². The zero-order valence-corrected chi connectivity index (χ0v) is 18.6. The summed E-state index contributed by atoms with van der Waals surface area (Å²) in [6.07, 6.45) is 0.886. The number of fused-ring (bicyclic) bond motifs is 4. The number of hydrogen-bond acceptors (Lipinski definition) is 3. The molecular formula is C24H28F4N4O. The fourth-order valence-corrected chi connectivity index (χ4v) is 5.99. The summed E-state index contributed by atoms with van der Waals surface area (Å²) in [5.74, 6) is -0.337. The van der Waals surface area contributed by atoms with E-state index in [1.807, 2.05) is 7.05 Å². The smallest absolute Gasteiger partial charge is 0.336 e. The average molecular weight is 465 g/mol. The van der Waals surface area contributed by atoms with Crippen molar-refractivity contribution in [2.75, 3.05) is 13.6 Å². The second-order valence-electron chi connectivity index (χ2n) is 9.84. The Morgan fingerprint density at radius 1 is 1.09 bits per heavy atom. The average Bonchev–Trinajstić information content (AvgIpc) is 3.19. The molecule has 1 N–H and O–H groups in total. The maximum atomic E-state index is 13.7. The molecule has 1 aromatic carbocycles. The van der Waals surface area contributed by atoms with Crippen molar-refractivity contribution in [3.05, 3.63) is 52.6 Å². The van der Waals surface area contributed by atoms with Gasteiger partial charge in [-0.25, -0.2) is 4.39 Å². The summed E-state index contributed by atoms with van der Waals surface area (Å²) in [5, 5.41) is 7.34. The van der Waals surface area contributed by atoms with Crippen LogP contribution in [0.15, 0.2) is 24.3 Å². The Labute approximate surface area is 190 Å². The molecule has 178 valence electrons. The van der Waals surface area contributed by atoms with Crippen molar-refractivity contribution in [2.45, 2.75) is 69.8 Å². The molecule has 33 heavy (non-hydrogen) atoms. The Morgan fingerprint density at radius 3 is 2.30 bits per heavy atom. The first-order chi connectivity index (χ1) is 15.6. The van der Waals surface area contributed by atoms with Crippen molar-refractivity contribution in [3.8, 4) is 0 Å². The minimum absolute atomic E-state index is 0.0700. The van der Waals surface area contributed by atoms with Crippen molar-refractivity contribution in [1.82, 2.24) is 20.0 Å². The highest BCUT2D eigenvalue weighted by molar-refractivity contribution is 5.83. The van der Waals surface area contributed by atoms with Crippen LogP contribution in [0.3, 0.4) is 0 Å². The van der Waals surface area contributed by atoms with Crippen molar-refractivity contribution in [1.29, 1.82) is 0 Å². The highest BCUT2D eigenvalue weighted by atomic mass is 19.4. The van der Waals surface area contributed by atoms with Crippen molar-refractivity contribution < 1.29 is 22.4 Å². The standard InChI is InChI=1S/C24H28F4N4O/c1-29-23-10-7-22(8-11-23,9-12-23)21(33)31-13-6-18-19(15-31)32(30-20(18)24(26,27)28)14-16-2-4-17(25)5-3-16/h2-5,29H,6-15H2,1H3. The number of hydrogen-bond donors (Lipinski definition) is 1. The van der Waals surface area contributed by atoms with Gasteiger partial charge in [0.25, 0.3) is 0 Å². The molecule has 0 radical (unpaired) electrons. The molecule has 2 bridgehead atoms. The van der Waals surface area contributed by atoms with Crippen LogP contribution in [-0.4, -0.2) is 39.7 Å². The molecular weight excluding hydrogens is 436 g/mol. The fourth-order valence-electron chi connectivity index (χ4n) is 5.99. The van der Waals surface area contributed by atoms with E-state index in [0.29, 0.717) is 11.3 Å². The third-order valence-corrected chi connectivity index (χ3v) is 8.17. The van der Waals surface area contributed by atoms with E-state index in [2.05, 4.69) is 10.4 Å². The predicted octanol–water partition coefficient (Wildman–Crippen LogP) is 4.29. The van der Waals surface area contributed by atoms with E-state index in [9.17, 15) is 22.4 Å². The number of nitrogens with one attached hydrogen (secondary N) is 1. The van der Waals surface area contributed by atoms with E-state index in [1.54, 1.807) is 17.0 Å². The molecule has 1 amide bonds. The molecule has 0 unspecified atom stereocenters. The van der Waals surface area contributed by atoms with Crippen LogP contribution in [0.1, 0.15) is 61.0 Å². The Kier molecular flexibility index (Phi) is 5.30. The molecule has 3 fully saturated rings. The maximum absolute atomic E-state index is 13.7. The third-order valence-electron chi connectivity index (χ3n) is 8.17. The highest BCUT2D eigenvalue weighted by Gasteiger charge is 2.53. The normalized spacial score (nSPS) is 27.0. The summed E-state index contributed by atoms with van der Waals surface area (Å²) in [6.45, 7) is 0.490. The van der Waals surface area contributed by atoms with Gasteiger partial charge in [-0.05, 0) is 69.7 Å². The molecule has 3 saturated carbocycles. The van der Waals surface area contributed by atoms with E-state index in [4.69, 9.17) is 0 Å². The number of nitrogens with zero attached hydrogens (tertiary/aromatic N) is 3. The summed E-state index contributed by atoms with van der Waals surface area (Å²) < 4.78 is 55.7. The van der Waals surface area contributed by atoms with Crippen LogP contribution in [0.4, 0.5) is 17.6 Å². The quantitative estimate of drug-likeness (QED) is 0.687. The summed E-state index contributed by atoms with van der Waals surface area (Å²) >= 11 is 0. The molecule has 2 aromatic rings. The Hall–Kier alpha value is -2.42. The van der Waals surface area contributed by atoms with Gasteiger partial charge in [-0.1, -0.05) is 12.1 Å². The molecule has 1 aliphatic heterocycles. The number of carbonyl (C=O) groups excluding carboxylic acids is 1. The second kappa shape index (κ2) is 7.82. The highest BCUT2D eigenvalue weighted by Crippen LogP contribution is 2.53. The SMILES string of the molecule is CNC12CCC(C(=O)N3CCc4c(C(F)(F)F)nn(Cc5ccc(F)cc5)c4C3)(CC1)CC2. The van der Waals surface area contributed by atoms with E-state index in [0.717, 1.165) is 38.5 Å². The lowest BCUT2D eigenvalue weighted by molar-refractivity contribution is -0.150. The van der Waals surface area contributed by atoms with Crippen molar-refractivity contribution in [2.24, 2.45) is 5.41 Å². The van der Waals surface area contributed by atoms with Gasteiger partial charge in [0.2, 0.25) is 5.91 Å². The fraction of sp³-hybridized carbons (Fsp3) is 0.583. The number of alkyl halides is 3. The van der Waals surface area contributed by atoms with Gasteiger partial charge in [0.1, 0.15) is 5.82 Å². The monoisotopic (exact) mass is 464 g/mol. The van der Waals surface area contributed by atoms with Crippen LogP contribution in [0.25, 0.3) is 0 Å². The molecule has 9 heteroatoms. The van der Waals surface area contributed by atoms with Gasteiger partial charge in [0.05, 0.1) is 18.8 Å². The Bertz CT molecular complexity index is 1040. The summed E-state index contributed by atoms with van der Waals surface area (Å²) in [7, 11) is 1.98. The van der Waals surface area contributed by atoms with Crippen LogP contribution in [0.5, 0.6) is 0 Å². The zero-order valence-electron chi connectivity index (χ0n) is 18.6. The van der Waals surface area contributed by atoms with Crippen molar-refractivity contribution >= 4 is 5.91 Å². The molecule has 0 saturated heterocycles. The maximum Gasteiger partial charge on any atom is 0.435 e. The predicted molar refractivity (Wildman–Crippen MR) is 114 cm³/mol. The molecule has 4 aliphatic rings. The summed E-state index contributed by atoms with van der Waals surface area (Å²) in [4.78, 5) is 15.4. The molecule has 0 atom stereocenters. The number of aromatic nitrogens is 2. The first kappa shape index (κ1) is 22.4. The first-order valence-electron chi connectivity index (χ1n) is 11.5. The zero-order chi connectivity index (χ0) is 23.4. The van der Waals surface area contributed by atoms with Gasteiger partial charge in [-0.15, -0.1) is 0 Å². The van der Waals surface area contributed by atoms with E-state index in [1.165, 1.54) is 16.8 Å². The van der Waals surface area contributed by atoms with E-state index < -0.39 is 23.1 Å². The molecule has 5 nitrogen and oxygen atoms in total. The number of amides is 1. The number of rotatable bonds is 4. The van der Waals surface area contributed by atoms with Gasteiger partial charge < -0.3 is 10.2 Å². The van der Waals surface area contributed by atoms with Gasteiger partial charge in [0, 0.05) is 23.1 Å². The van der Waals surface area contributed by atoms with Gasteiger partial charge >= 0.3 is 6.18 Å². The van der Waals surface area contributed by atoms with Crippen LogP contribution in [0.2, 0.25) is 0 Å². The Balaban J connectivity index is 1.42. The minimum Gasteiger partial charge on any atom is -0.336 e. The summed E-state index contributed by atoms with van der Waals surface area (Å²) in [5.41, 5.74) is 0.114. The number of benzene rings is 1. The number of carbonyl (C=O) groups is 1. The van der Waals surface area contributed by atoms with Crippen LogP contribution < -0.4 is 5.32 Å². The lowest BCUT2D eigenvalue weighted by atomic mass is 9.56. The van der Waals surface area contributed by atoms with Crippen LogP contribution in [-0.2, 0) is 30.5 Å². The molecule has 1 aromatic heterocycles. The third kappa shape index (κ3) is 3.84. The van der Waals surface area contributed by atoms with E-state index in [-0.39, 0.29) is 43.1 Å². The van der Waals surface area contributed by atoms with E-state index >= 15 is 0 Å². The largest absolute Gasteiger partial charge is 0.435 e. The number of halogens is 4. The first-order valence-corrected chi connectivity index (χ1v) is 11.5. The van der Waals surface area contributed by atoms with Crippen LogP contribution in [0, 0.1) is 11.2 Å². The van der Waals surface area contributed by atoms with Gasteiger partial charge in [-0.3, -0.25) is 9.48 Å². The lowest BCUT2D eigenvalue weighted by Crippen LogP contribution is -2.58. The summed E-state index contributed by atoms with van der Waals surface area (Å²) in [6, 6.07) is 5.64. The topological polar surface area (TPSA) is 50.2 Å². The molecule has 0 spiro atoms. The lowest BCUT2D eigenvalue weighted by Gasteiger charge is -2.53. The van der Waals surface area contributed by atoms with Gasteiger partial charge in [-0.2, -0.15) is 18.3 Å². The van der Waals surface area contributed by atoms with Crippen LogP contribution >= 0.6 is 0 Å². The molecule has 3 aliphatic carbocycles. The molecule has 6 rings (SSSR count). The minimum atomic E-state index is -4.56. The van der Waals surface area contributed by atoms with Gasteiger partial charge in [0.15, 0.2) is 5.69 Å². The second-order valence-corrected chi connectivity index (χ2v) is 9.84. The Morgan fingerprint density at radius 2 is 1.73 bits per heavy atom. The molecule has 2 heterocycles.